The third-order valence-electron chi connectivity index (χ3n) is 6.64. The summed E-state index contributed by atoms with van der Waals surface area (Å²) in [6, 6.07) is 12.3. The zero-order chi connectivity index (χ0) is 27.5. The molecule has 9 heteroatoms. The number of carbonyl (C=O) groups excluding carboxylic acids is 2. The number of hydrogen-bond acceptors (Lipinski definition) is 6. The van der Waals surface area contributed by atoms with Crippen LogP contribution < -0.4 is 4.90 Å². The van der Waals surface area contributed by atoms with Gasteiger partial charge in [0.2, 0.25) is 0 Å². The van der Waals surface area contributed by atoms with Crippen molar-refractivity contribution < 1.29 is 28.6 Å². The lowest BCUT2D eigenvalue weighted by Crippen LogP contribution is -2.29. The fourth-order valence-corrected chi connectivity index (χ4v) is 5.50. The van der Waals surface area contributed by atoms with Crippen LogP contribution in [0.15, 0.2) is 60.2 Å². The fourth-order valence-electron chi connectivity index (χ4n) is 4.51. The van der Waals surface area contributed by atoms with Gasteiger partial charge in [-0.3, -0.25) is 14.5 Å². The second-order valence-electron chi connectivity index (χ2n) is 10.3. The van der Waals surface area contributed by atoms with Crippen LogP contribution in [0.3, 0.4) is 0 Å². The van der Waals surface area contributed by atoms with Crippen LogP contribution in [0, 0.1) is 18.6 Å². The van der Waals surface area contributed by atoms with Crippen LogP contribution in [0.5, 0.6) is 5.75 Å². The van der Waals surface area contributed by atoms with E-state index in [1.54, 1.807) is 13.0 Å². The Balaban J connectivity index is 1.75. The van der Waals surface area contributed by atoms with Crippen molar-refractivity contribution in [1.29, 1.82) is 0 Å². The van der Waals surface area contributed by atoms with E-state index in [1.165, 1.54) is 24.3 Å². The number of phenols is 1. The predicted molar refractivity (Wildman–Crippen MR) is 142 cm³/mol. The molecule has 0 spiro atoms. The normalized spacial score (nSPS) is 17.5. The standard InChI is InChI=1S/C29H24F2N2O4S/c1-14-5-8-16(29(2,3)4)11-18(14)25(35)23-24(15-6-9-17(34)10-7-15)33(27(37)26(23)36)28-32-21-12-19(30)20(31)13-22(21)38-28/h5-13,24,34-35H,1-4H3/b25-23+. The van der Waals surface area contributed by atoms with E-state index in [0.29, 0.717) is 21.4 Å². The summed E-state index contributed by atoms with van der Waals surface area (Å²) in [5.74, 6) is -4.36. The average molecular weight is 535 g/mol. The van der Waals surface area contributed by atoms with Gasteiger partial charge in [0, 0.05) is 11.6 Å². The first kappa shape index (κ1) is 25.5. The molecule has 1 saturated heterocycles. The van der Waals surface area contributed by atoms with Crippen molar-refractivity contribution in [3.8, 4) is 5.75 Å². The maximum Gasteiger partial charge on any atom is 0.301 e. The van der Waals surface area contributed by atoms with Crippen molar-refractivity contribution in [2.24, 2.45) is 0 Å². The lowest BCUT2D eigenvalue weighted by molar-refractivity contribution is -0.132. The van der Waals surface area contributed by atoms with Gasteiger partial charge in [0.25, 0.3) is 5.78 Å². The number of aliphatic hydroxyl groups is 1. The van der Waals surface area contributed by atoms with Crippen molar-refractivity contribution in [2.75, 3.05) is 4.90 Å². The monoisotopic (exact) mass is 534 g/mol. The molecule has 2 N–H and O–H groups in total. The van der Waals surface area contributed by atoms with E-state index in [1.807, 2.05) is 32.9 Å². The van der Waals surface area contributed by atoms with E-state index in [9.17, 15) is 28.6 Å². The maximum absolute atomic E-state index is 13.9. The second kappa shape index (κ2) is 9.02. The number of ketones is 1. The van der Waals surface area contributed by atoms with Crippen molar-refractivity contribution >= 4 is 44.1 Å². The summed E-state index contributed by atoms with van der Waals surface area (Å²) < 4.78 is 28.0. The Bertz CT molecular complexity index is 1610. The summed E-state index contributed by atoms with van der Waals surface area (Å²) in [7, 11) is 0. The highest BCUT2D eigenvalue weighted by atomic mass is 32.1. The van der Waals surface area contributed by atoms with Crippen LogP contribution >= 0.6 is 11.3 Å². The van der Waals surface area contributed by atoms with Gasteiger partial charge in [0.15, 0.2) is 16.8 Å². The summed E-state index contributed by atoms with van der Waals surface area (Å²) in [4.78, 5) is 32.3. The van der Waals surface area contributed by atoms with Crippen molar-refractivity contribution in [3.63, 3.8) is 0 Å². The van der Waals surface area contributed by atoms with Gasteiger partial charge in [-0.25, -0.2) is 13.8 Å². The molecule has 0 radical (unpaired) electrons. The van der Waals surface area contributed by atoms with Gasteiger partial charge in [0.1, 0.15) is 11.5 Å². The molecular formula is C29H24F2N2O4S. The van der Waals surface area contributed by atoms with E-state index in [-0.39, 0.29) is 33.1 Å². The van der Waals surface area contributed by atoms with Crippen LogP contribution in [-0.2, 0) is 15.0 Å². The highest BCUT2D eigenvalue weighted by molar-refractivity contribution is 7.22. The molecular weight excluding hydrogens is 510 g/mol. The molecule has 3 aromatic carbocycles. The molecule has 5 rings (SSSR count). The molecule has 6 nitrogen and oxygen atoms in total. The average Bonchev–Trinajstić information content (AvgIpc) is 3.36. The van der Waals surface area contributed by atoms with Crippen LogP contribution in [0.1, 0.15) is 49.1 Å². The predicted octanol–water partition coefficient (Wildman–Crippen LogP) is 6.51. The van der Waals surface area contributed by atoms with Gasteiger partial charge in [0.05, 0.1) is 21.8 Å². The molecule has 0 aliphatic carbocycles. The molecule has 1 fully saturated rings. The number of aliphatic hydroxyl groups excluding tert-OH is 1. The van der Waals surface area contributed by atoms with E-state index >= 15 is 0 Å². The molecule has 1 aliphatic heterocycles. The van der Waals surface area contributed by atoms with Crippen LogP contribution in [0.2, 0.25) is 0 Å². The number of nitrogens with zero attached hydrogens (tertiary/aromatic N) is 2. The summed E-state index contributed by atoms with van der Waals surface area (Å²) in [6.45, 7) is 7.87. The quantitative estimate of drug-likeness (QED) is 0.178. The van der Waals surface area contributed by atoms with Gasteiger partial charge in [-0.2, -0.15) is 0 Å². The van der Waals surface area contributed by atoms with E-state index < -0.39 is 29.4 Å². The largest absolute Gasteiger partial charge is 0.508 e. The molecule has 1 aliphatic rings. The Morgan fingerprint density at radius 1 is 1.00 bits per heavy atom. The van der Waals surface area contributed by atoms with Gasteiger partial charge in [-0.1, -0.05) is 56.4 Å². The van der Waals surface area contributed by atoms with Gasteiger partial charge in [-0.15, -0.1) is 0 Å². The first-order valence-corrected chi connectivity index (χ1v) is 12.7. The lowest BCUT2D eigenvalue weighted by atomic mass is 9.84. The number of carbonyl (C=O) groups is 2. The first-order valence-electron chi connectivity index (χ1n) is 11.8. The molecule has 194 valence electrons. The number of aryl methyl sites for hydroxylation is 1. The highest BCUT2D eigenvalue weighted by Crippen LogP contribution is 2.45. The molecule has 38 heavy (non-hydrogen) atoms. The second-order valence-corrected chi connectivity index (χ2v) is 11.3. The minimum atomic E-state index is -1.09. The minimum absolute atomic E-state index is 0.0228. The maximum atomic E-state index is 13.9. The SMILES string of the molecule is Cc1ccc(C(C)(C)C)cc1/C(O)=C1\C(=O)C(=O)N(c2nc3cc(F)c(F)cc3s2)C1c1ccc(O)cc1. The van der Waals surface area contributed by atoms with Crippen molar-refractivity contribution in [2.45, 2.75) is 39.2 Å². The first-order chi connectivity index (χ1) is 17.9. The highest BCUT2D eigenvalue weighted by Gasteiger charge is 2.48. The van der Waals surface area contributed by atoms with E-state index in [2.05, 4.69) is 4.98 Å². The molecule has 1 aromatic heterocycles. The third kappa shape index (κ3) is 4.22. The third-order valence-corrected chi connectivity index (χ3v) is 7.65. The summed E-state index contributed by atoms with van der Waals surface area (Å²) in [5.41, 5.74) is 2.22. The van der Waals surface area contributed by atoms with Crippen LogP contribution in [0.4, 0.5) is 13.9 Å². The summed E-state index contributed by atoms with van der Waals surface area (Å²) in [6.07, 6.45) is 0. The number of aromatic nitrogens is 1. The van der Waals surface area contributed by atoms with Crippen molar-refractivity contribution in [3.05, 3.63) is 94.1 Å². The Labute approximate surface area is 221 Å². The number of fused-ring (bicyclic) bond motifs is 1. The zero-order valence-electron chi connectivity index (χ0n) is 21.0. The fraction of sp³-hybridized carbons (Fsp3) is 0.207. The molecule has 1 amide bonds. The number of hydrogen-bond donors (Lipinski definition) is 2. The molecule has 2 heterocycles. The topological polar surface area (TPSA) is 90.7 Å². The molecule has 1 atom stereocenters. The van der Waals surface area contributed by atoms with Gasteiger partial charge in [-0.05, 0) is 53.3 Å². The summed E-state index contributed by atoms with van der Waals surface area (Å²) >= 11 is 0.925. The number of anilines is 1. The van der Waals surface area contributed by atoms with Crippen molar-refractivity contribution in [1.82, 2.24) is 4.98 Å². The molecule has 4 aromatic rings. The number of rotatable bonds is 3. The number of Topliss-reactive ketones (excluding diaryl/α,β-unsaturated/α-hetero) is 1. The Morgan fingerprint density at radius 3 is 2.32 bits per heavy atom. The molecule has 0 bridgehead atoms. The van der Waals surface area contributed by atoms with Crippen LogP contribution in [-0.4, -0.2) is 26.9 Å². The van der Waals surface area contributed by atoms with Crippen LogP contribution in [0.25, 0.3) is 16.0 Å². The smallest absolute Gasteiger partial charge is 0.301 e. The van der Waals surface area contributed by atoms with E-state index in [0.717, 1.165) is 33.9 Å². The number of aromatic hydroxyl groups is 1. The Hall–Kier alpha value is -4.11. The molecule has 1 unspecified atom stereocenters. The van der Waals surface area contributed by atoms with Gasteiger partial charge < -0.3 is 10.2 Å². The Kier molecular flexibility index (Phi) is 6.06. The number of phenolic OH excluding ortho intramolecular Hbond substituents is 1. The summed E-state index contributed by atoms with van der Waals surface area (Å²) in [5, 5.41) is 21.4. The van der Waals surface area contributed by atoms with E-state index in [4.69, 9.17) is 0 Å². The number of halogens is 2. The lowest BCUT2D eigenvalue weighted by Gasteiger charge is -2.24. The number of thiazole rings is 1. The number of amides is 1. The minimum Gasteiger partial charge on any atom is -0.508 e. The Morgan fingerprint density at radius 2 is 1.66 bits per heavy atom. The molecule has 0 saturated carbocycles. The van der Waals surface area contributed by atoms with Gasteiger partial charge >= 0.3 is 5.91 Å². The number of benzene rings is 3. The zero-order valence-corrected chi connectivity index (χ0v) is 21.9.